The zero-order valence-corrected chi connectivity index (χ0v) is 22.0. The van der Waals surface area contributed by atoms with Crippen molar-refractivity contribution in [2.24, 2.45) is 0 Å². The number of aromatic amines is 1. The number of fused-ring (bicyclic) bond motifs is 1. The largest absolute Gasteiger partial charge is 0.342 e. The molecule has 2 N–H and O–H groups in total. The Bertz CT molecular complexity index is 1070. The van der Waals surface area contributed by atoms with Crippen LogP contribution in [0.3, 0.4) is 0 Å². The Hall–Kier alpha value is -2.90. The third kappa shape index (κ3) is 6.08. The van der Waals surface area contributed by atoms with Crippen molar-refractivity contribution in [3.8, 4) is 0 Å². The average molecular weight is 496 g/mol. The summed E-state index contributed by atoms with van der Waals surface area (Å²) in [5.41, 5.74) is 2.94. The molecule has 1 aromatic carbocycles. The maximum atomic E-state index is 13.6. The zero-order chi connectivity index (χ0) is 25.7. The summed E-state index contributed by atoms with van der Waals surface area (Å²) in [6.07, 6.45) is 7.31. The van der Waals surface area contributed by atoms with Crippen LogP contribution in [0.5, 0.6) is 0 Å². The van der Waals surface area contributed by atoms with Crippen molar-refractivity contribution in [2.45, 2.75) is 96.6 Å². The van der Waals surface area contributed by atoms with Crippen molar-refractivity contribution >= 4 is 28.8 Å². The van der Waals surface area contributed by atoms with Gasteiger partial charge in [-0.05, 0) is 63.5 Å². The van der Waals surface area contributed by atoms with Crippen LogP contribution >= 0.6 is 0 Å². The van der Waals surface area contributed by atoms with Gasteiger partial charge in [0.1, 0.15) is 5.82 Å². The molecule has 0 spiro atoms. The Labute approximate surface area is 214 Å². The highest BCUT2D eigenvalue weighted by molar-refractivity contribution is 5.93. The molecule has 2 fully saturated rings. The smallest absolute Gasteiger partial charge is 0.317 e. The van der Waals surface area contributed by atoms with Gasteiger partial charge in [0.25, 0.3) is 0 Å². The van der Waals surface area contributed by atoms with Crippen molar-refractivity contribution in [3.63, 3.8) is 0 Å². The number of aromatic nitrogens is 2. The van der Waals surface area contributed by atoms with Gasteiger partial charge in [-0.3, -0.25) is 9.59 Å². The van der Waals surface area contributed by atoms with Gasteiger partial charge in [0.15, 0.2) is 5.78 Å². The standard InChI is InChI=1S/C28H41N5O3/c1-4-21-12-6-9-16-33(21)25(35)18-23(30-28(36)32-14-7-5-8-15-32)24(34)17-20(3)27-29-22-13-10-11-19(2)26(22)31-27/h10-11,13,20-21,23H,4-9,12,14-18H2,1-3H3,(H,29,31)(H,30,36)/t20-,21+,23+/m1/s1. The number of amides is 3. The Morgan fingerprint density at radius 3 is 2.56 bits per heavy atom. The van der Waals surface area contributed by atoms with E-state index < -0.39 is 6.04 Å². The van der Waals surface area contributed by atoms with Gasteiger partial charge >= 0.3 is 6.03 Å². The molecule has 0 radical (unpaired) electrons. The van der Waals surface area contributed by atoms with Crippen molar-refractivity contribution in [2.75, 3.05) is 19.6 Å². The number of piperidine rings is 2. The van der Waals surface area contributed by atoms with Gasteiger partial charge < -0.3 is 20.1 Å². The molecule has 8 nitrogen and oxygen atoms in total. The first kappa shape index (κ1) is 26.2. The number of likely N-dealkylation sites (tertiary alicyclic amines) is 2. The van der Waals surface area contributed by atoms with E-state index in [9.17, 15) is 14.4 Å². The quantitative estimate of drug-likeness (QED) is 0.556. The summed E-state index contributed by atoms with van der Waals surface area (Å²) >= 11 is 0. The monoisotopic (exact) mass is 495 g/mol. The van der Waals surface area contributed by atoms with Crippen LogP contribution in [-0.4, -0.2) is 69.2 Å². The van der Waals surface area contributed by atoms with E-state index in [1.165, 1.54) is 0 Å². The number of rotatable bonds is 8. The zero-order valence-electron chi connectivity index (χ0n) is 22.0. The van der Waals surface area contributed by atoms with E-state index in [2.05, 4.69) is 17.2 Å². The van der Waals surface area contributed by atoms with Crippen LogP contribution in [0, 0.1) is 6.92 Å². The lowest BCUT2D eigenvalue weighted by molar-refractivity contribution is -0.137. The Morgan fingerprint density at radius 2 is 1.83 bits per heavy atom. The first-order valence-corrected chi connectivity index (χ1v) is 13.7. The van der Waals surface area contributed by atoms with Crippen LogP contribution in [0.15, 0.2) is 18.2 Å². The fourth-order valence-electron chi connectivity index (χ4n) is 5.60. The lowest BCUT2D eigenvalue weighted by Crippen LogP contribution is -2.52. The van der Waals surface area contributed by atoms with Crippen LogP contribution in [0.1, 0.15) is 88.9 Å². The number of aryl methyl sites for hydroxylation is 1. The SMILES string of the molecule is CC[C@H]1CCCCN1C(=O)C[C@H](NC(=O)N1CCCCC1)C(=O)C[C@@H](C)c1nc2c(C)cccc2[nH]1. The summed E-state index contributed by atoms with van der Waals surface area (Å²) in [6, 6.07) is 5.13. The van der Waals surface area contributed by atoms with Gasteiger partial charge in [-0.15, -0.1) is 0 Å². The Kier molecular flexibility index (Phi) is 8.64. The fraction of sp³-hybridized carbons (Fsp3) is 0.643. The number of nitrogens with zero attached hydrogens (tertiary/aromatic N) is 3. The first-order valence-electron chi connectivity index (χ1n) is 13.7. The number of carbonyl (C=O) groups is 3. The summed E-state index contributed by atoms with van der Waals surface area (Å²) in [4.78, 5) is 51.7. The molecule has 0 unspecified atom stereocenters. The lowest BCUT2D eigenvalue weighted by atomic mass is 9.95. The molecule has 3 heterocycles. The van der Waals surface area contributed by atoms with Gasteiger partial charge in [0, 0.05) is 38.0 Å². The Balaban J connectivity index is 1.48. The van der Waals surface area contributed by atoms with Gasteiger partial charge in [-0.1, -0.05) is 26.0 Å². The molecule has 36 heavy (non-hydrogen) atoms. The van der Waals surface area contributed by atoms with E-state index >= 15 is 0 Å². The predicted molar refractivity (Wildman–Crippen MR) is 141 cm³/mol. The van der Waals surface area contributed by atoms with E-state index in [0.29, 0.717) is 13.1 Å². The van der Waals surface area contributed by atoms with Crippen molar-refractivity contribution < 1.29 is 14.4 Å². The number of ketones is 1. The fourth-order valence-corrected chi connectivity index (χ4v) is 5.60. The molecular weight excluding hydrogens is 454 g/mol. The molecular formula is C28H41N5O3. The molecule has 0 saturated carbocycles. The van der Waals surface area contributed by atoms with E-state index in [4.69, 9.17) is 4.98 Å². The molecule has 2 aromatic rings. The van der Waals surface area contributed by atoms with Gasteiger partial charge in [-0.2, -0.15) is 0 Å². The van der Waals surface area contributed by atoms with E-state index in [1.807, 2.05) is 36.9 Å². The number of carbonyl (C=O) groups excluding carboxylic acids is 3. The van der Waals surface area contributed by atoms with Crippen LogP contribution in [0.25, 0.3) is 11.0 Å². The summed E-state index contributed by atoms with van der Waals surface area (Å²) < 4.78 is 0. The van der Waals surface area contributed by atoms with Crippen LogP contribution in [0.2, 0.25) is 0 Å². The van der Waals surface area contributed by atoms with Gasteiger partial charge in [0.2, 0.25) is 5.91 Å². The number of hydrogen-bond acceptors (Lipinski definition) is 4. The highest BCUT2D eigenvalue weighted by Crippen LogP contribution is 2.25. The molecule has 2 aliphatic rings. The van der Waals surface area contributed by atoms with Crippen molar-refractivity contribution in [1.29, 1.82) is 0 Å². The number of benzene rings is 1. The summed E-state index contributed by atoms with van der Waals surface area (Å²) in [6.45, 7) is 8.21. The molecule has 3 atom stereocenters. The third-order valence-corrected chi connectivity index (χ3v) is 7.83. The summed E-state index contributed by atoms with van der Waals surface area (Å²) in [5.74, 6) is 0.434. The molecule has 0 bridgehead atoms. The van der Waals surface area contributed by atoms with E-state index in [-0.39, 0.29) is 42.5 Å². The molecule has 4 rings (SSSR count). The minimum atomic E-state index is -0.833. The second-order valence-corrected chi connectivity index (χ2v) is 10.6. The second kappa shape index (κ2) is 11.9. The maximum Gasteiger partial charge on any atom is 0.317 e. The molecule has 0 aliphatic carbocycles. The van der Waals surface area contributed by atoms with E-state index in [1.54, 1.807) is 4.90 Å². The normalized spacial score (nSPS) is 20.2. The molecule has 2 aliphatic heterocycles. The highest BCUT2D eigenvalue weighted by Gasteiger charge is 2.32. The number of H-pyrrole nitrogens is 1. The molecule has 196 valence electrons. The average Bonchev–Trinajstić information content (AvgIpc) is 3.34. The maximum absolute atomic E-state index is 13.6. The number of para-hydroxylation sites is 1. The van der Waals surface area contributed by atoms with Crippen LogP contribution < -0.4 is 5.32 Å². The summed E-state index contributed by atoms with van der Waals surface area (Å²) in [7, 11) is 0. The number of hydrogen-bond donors (Lipinski definition) is 2. The number of imidazole rings is 1. The highest BCUT2D eigenvalue weighted by atomic mass is 16.2. The number of nitrogens with one attached hydrogen (secondary N) is 2. The topological polar surface area (TPSA) is 98.4 Å². The second-order valence-electron chi connectivity index (χ2n) is 10.6. The third-order valence-electron chi connectivity index (χ3n) is 7.83. The lowest BCUT2D eigenvalue weighted by Gasteiger charge is -2.36. The van der Waals surface area contributed by atoms with Crippen LogP contribution in [-0.2, 0) is 9.59 Å². The molecule has 1 aromatic heterocycles. The predicted octanol–water partition coefficient (Wildman–Crippen LogP) is 4.68. The van der Waals surface area contributed by atoms with Gasteiger partial charge in [0.05, 0.1) is 23.5 Å². The van der Waals surface area contributed by atoms with Crippen molar-refractivity contribution in [1.82, 2.24) is 25.1 Å². The number of Topliss-reactive ketones (excluding diaryl/α,β-unsaturated/α-hetero) is 1. The number of urea groups is 1. The molecule has 8 heteroatoms. The Morgan fingerprint density at radius 1 is 1.08 bits per heavy atom. The minimum absolute atomic E-state index is 0.0148. The summed E-state index contributed by atoms with van der Waals surface area (Å²) in [5, 5.41) is 2.94. The first-order chi connectivity index (χ1) is 17.4. The molecule has 2 saturated heterocycles. The molecule has 3 amide bonds. The van der Waals surface area contributed by atoms with Gasteiger partial charge in [-0.25, -0.2) is 9.78 Å². The minimum Gasteiger partial charge on any atom is -0.342 e. The van der Waals surface area contributed by atoms with E-state index in [0.717, 1.165) is 73.9 Å². The van der Waals surface area contributed by atoms with Crippen molar-refractivity contribution in [3.05, 3.63) is 29.6 Å². The van der Waals surface area contributed by atoms with Crippen LogP contribution in [0.4, 0.5) is 4.79 Å².